The van der Waals surface area contributed by atoms with Gasteiger partial charge in [-0.2, -0.15) is 0 Å². The van der Waals surface area contributed by atoms with Gasteiger partial charge in [-0.05, 0) is 31.6 Å². The predicted molar refractivity (Wildman–Crippen MR) is 61.1 cm³/mol. The summed E-state index contributed by atoms with van der Waals surface area (Å²) >= 11 is 0. The minimum atomic E-state index is -0.707. The first kappa shape index (κ1) is 13.0. The van der Waals surface area contributed by atoms with E-state index in [1.165, 1.54) is 0 Å². The Kier molecular flexibility index (Phi) is 4.77. The van der Waals surface area contributed by atoms with Crippen LogP contribution in [0.25, 0.3) is 0 Å². The van der Waals surface area contributed by atoms with E-state index in [2.05, 4.69) is 0 Å². The van der Waals surface area contributed by atoms with E-state index in [4.69, 9.17) is 5.11 Å². The number of rotatable bonds is 4. The summed E-state index contributed by atoms with van der Waals surface area (Å²) < 4.78 is 0. The molecule has 0 aromatic rings. The Bertz CT molecular complexity index is 257. The normalized spacial score (nSPS) is 25.1. The van der Waals surface area contributed by atoms with Gasteiger partial charge in [0.2, 0.25) is 5.91 Å². The van der Waals surface area contributed by atoms with E-state index in [9.17, 15) is 9.59 Å². The number of carboxylic acids is 1. The molecule has 0 saturated heterocycles. The summed E-state index contributed by atoms with van der Waals surface area (Å²) in [6.07, 6.45) is 4.57. The van der Waals surface area contributed by atoms with E-state index in [-0.39, 0.29) is 12.3 Å². The number of carbonyl (C=O) groups is 2. The van der Waals surface area contributed by atoms with Gasteiger partial charge in [0.25, 0.3) is 0 Å². The van der Waals surface area contributed by atoms with E-state index < -0.39 is 5.97 Å². The standard InChI is InChI=1S/C12H21NO3/c1-3-11(14)13(2)10-6-4-9(5-7-10)8-12(15)16/h9-10H,3-8H2,1-2H3,(H,15,16)/t9-,10-. The summed E-state index contributed by atoms with van der Waals surface area (Å²) in [6, 6.07) is 0.317. The van der Waals surface area contributed by atoms with Crippen LogP contribution in [0.1, 0.15) is 45.4 Å². The molecule has 92 valence electrons. The SMILES string of the molecule is CCC(=O)N(C)[C@H]1CC[C@H](CC(=O)O)CC1. The van der Waals surface area contributed by atoms with E-state index in [1.54, 1.807) is 0 Å². The fourth-order valence-electron chi connectivity index (χ4n) is 2.44. The van der Waals surface area contributed by atoms with Crippen molar-refractivity contribution in [3.63, 3.8) is 0 Å². The molecule has 1 amide bonds. The Balaban J connectivity index is 2.36. The van der Waals surface area contributed by atoms with Gasteiger partial charge < -0.3 is 10.0 Å². The Hall–Kier alpha value is -1.06. The maximum Gasteiger partial charge on any atom is 0.303 e. The molecule has 1 aliphatic carbocycles. The lowest BCUT2D eigenvalue weighted by atomic mass is 9.83. The second kappa shape index (κ2) is 5.87. The summed E-state index contributed by atoms with van der Waals surface area (Å²) in [4.78, 5) is 23.9. The third-order valence-electron chi connectivity index (χ3n) is 3.52. The maximum absolute atomic E-state index is 11.5. The van der Waals surface area contributed by atoms with Crippen LogP contribution in [-0.4, -0.2) is 35.0 Å². The van der Waals surface area contributed by atoms with Crippen LogP contribution in [0.2, 0.25) is 0 Å². The Morgan fingerprint density at radius 3 is 2.25 bits per heavy atom. The largest absolute Gasteiger partial charge is 0.481 e. The van der Waals surface area contributed by atoms with Crippen molar-refractivity contribution >= 4 is 11.9 Å². The molecule has 4 heteroatoms. The first-order valence-corrected chi connectivity index (χ1v) is 6.02. The number of amides is 1. The molecule has 1 saturated carbocycles. The number of nitrogens with zero attached hydrogens (tertiary/aromatic N) is 1. The van der Waals surface area contributed by atoms with Crippen molar-refractivity contribution in [2.45, 2.75) is 51.5 Å². The molecule has 0 heterocycles. The average molecular weight is 227 g/mol. The highest BCUT2D eigenvalue weighted by Gasteiger charge is 2.26. The van der Waals surface area contributed by atoms with Crippen molar-refractivity contribution in [2.75, 3.05) is 7.05 Å². The van der Waals surface area contributed by atoms with Crippen molar-refractivity contribution in [3.8, 4) is 0 Å². The number of hydrogen-bond donors (Lipinski definition) is 1. The minimum absolute atomic E-state index is 0.182. The van der Waals surface area contributed by atoms with Crippen LogP contribution < -0.4 is 0 Å². The second-order valence-corrected chi connectivity index (χ2v) is 4.63. The maximum atomic E-state index is 11.5. The van der Waals surface area contributed by atoms with E-state index in [0.29, 0.717) is 18.4 Å². The monoisotopic (exact) mass is 227 g/mol. The predicted octanol–water partition coefficient (Wildman–Crippen LogP) is 1.89. The van der Waals surface area contributed by atoms with Crippen LogP contribution in [0, 0.1) is 5.92 Å². The lowest BCUT2D eigenvalue weighted by Gasteiger charge is -2.34. The first-order chi connectivity index (χ1) is 7.54. The molecule has 16 heavy (non-hydrogen) atoms. The average Bonchev–Trinajstić information content (AvgIpc) is 2.27. The summed E-state index contributed by atoms with van der Waals surface area (Å²) in [7, 11) is 1.86. The van der Waals surface area contributed by atoms with Gasteiger partial charge in [0.15, 0.2) is 0 Å². The number of carbonyl (C=O) groups excluding carboxylic acids is 1. The van der Waals surface area contributed by atoms with Crippen molar-refractivity contribution < 1.29 is 14.7 Å². The van der Waals surface area contributed by atoms with Crippen LogP contribution in [0.4, 0.5) is 0 Å². The quantitative estimate of drug-likeness (QED) is 0.797. The Morgan fingerprint density at radius 2 is 1.81 bits per heavy atom. The van der Waals surface area contributed by atoms with E-state index in [0.717, 1.165) is 25.7 Å². The molecule has 0 aliphatic heterocycles. The molecule has 1 rings (SSSR count). The summed E-state index contributed by atoms with van der Waals surface area (Å²) in [5, 5.41) is 8.70. The highest BCUT2D eigenvalue weighted by Crippen LogP contribution is 2.29. The molecule has 0 aromatic heterocycles. The molecule has 1 aliphatic rings. The molecule has 1 fully saturated rings. The van der Waals surface area contributed by atoms with Gasteiger partial charge in [-0.1, -0.05) is 6.92 Å². The van der Waals surface area contributed by atoms with Gasteiger partial charge in [0.1, 0.15) is 0 Å². The van der Waals surface area contributed by atoms with Crippen molar-refractivity contribution in [2.24, 2.45) is 5.92 Å². The molecule has 0 spiro atoms. The molecule has 4 nitrogen and oxygen atoms in total. The Labute approximate surface area is 96.6 Å². The van der Waals surface area contributed by atoms with Crippen molar-refractivity contribution in [3.05, 3.63) is 0 Å². The van der Waals surface area contributed by atoms with Gasteiger partial charge in [-0.15, -0.1) is 0 Å². The zero-order valence-electron chi connectivity index (χ0n) is 10.1. The van der Waals surface area contributed by atoms with Crippen LogP contribution in [0.3, 0.4) is 0 Å². The summed E-state index contributed by atoms with van der Waals surface area (Å²) in [5.74, 6) is -0.220. The fourth-order valence-corrected chi connectivity index (χ4v) is 2.44. The number of hydrogen-bond acceptors (Lipinski definition) is 2. The zero-order valence-corrected chi connectivity index (χ0v) is 10.1. The lowest BCUT2D eigenvalue weighted by Crippen LogP contribution is -2.39. The lowest BCUT2D eigenvalue weighted by molar-refractivity contribution is -0.139. The number of carboxylic acid groups (broad SMARTS) is 1. The third kappa shape index (κ3) is 3.51. The fraction of sp³-hybridized carbons (Fsp3) is 0.833. The van der Waals surface area contributed by atoms with Crippen molar-refractivity contribution in [1.29, 1.82) is 0 Å². The molecular weight excluding hydrogens is 206 g/mol. The minimum Gasteiger partial charge on any atom is -0.481 e. The molecule has 0 radical (unpaired) electrons. The van der Waals surface area contributed by atoms with Gasteiger partial charge in [0.05, 0.1) is 0 Å². The highest BCUT2D eigenvalue weighted by atomic mass is 16.4. The number of aliphatic carboxylic acids is 1. The zero-order chi connectivity index (χ0) is 12.1. The van der Waals surface area contributed by atoms with Gasteiger partial charge in [-0.3, -0.25) is 9.59 Å². The van der Waals surface area contributed by atoms with Crippen LogP contribution in [0.15, 0.2) is 0 Å². The van der Waals surface area contributed by atoms with Gasteiger partial charge >= 0.3 is 5.97 Å². The van der Waals surface area contributed by atoms with Gasteiger partial charge in [0, 0.05) is 25.9 Å². The molecule has 0 atom stereocenters. The van der Waals surface area contributed by atoms with Crippen LogP contribution >= 0.6 is 0 Å². The summed E-state index contributed by atoms with van der Waals surface area (Å²) in [6.45, 7) is 1.87. The molecule has 0 bridgehead atoms. The van der Waals surface area contributed by atoms with E-state index in [1.807, 2.05) is 18.9 Å². The molecule has 0 unspecified atom stereocenters. The Morgan fingerprint density at radius 1 is 1.25 bits per heavy atom. The second-order valence-electron chi connectivity index (χ2n) is 4.63. The molecule has 0 aromatic carbocycles. The molecule has 1 N–H and O–H groups in total. The first-order valence-electron chi connectivity index (χ1n) is 6.02. The van der Waals surface area contributed by atoms with Crippen LogP contribution in [-0.2, 0) is 9.59 Å². The van der Waals surface area contributed by atoms with E-state index >= 15 is 0 Å². The van der Waals surface area contributed by atoms with Crippen molar-refractivity contribution in [1.82, 2.24) is 4.90 Å². The molecular formula is C12H21NO3. The summed E-state index contributed by atoms with van der Waals surface area (Å²) in [5.41, 5.74) is 0. The topological polar surface area (TPSA) is 57.6 Å². The smallest absolute Gasteiger partial charge is 0.303 e. The van der Waals surface area contributed by atoms with Gasteiger partial charge in [-0.25, -0.2) is 0 Å². The highest BCUT2D eigenvalue weighted by molar-refractivity contribution is 5.75. The van der Waals surface area contributed by atoms with Crippen LogP contribution in [0.5, 0.6) is 0 Å². The third-order valence-corrected chi connectivity index (χ3v) is 3.52.